The first-order valence-electron chi connectivity index (χ1n) is 9.18. The van der Waals surface area contributed by atoms with Gasteiger partial charge in [-0.2, -0.15) is 0 Å². The molecular weight excluding hydrogens is 294 g/mol. The van der Waals surface area contributed by atoms with Crippen molar-refractivity contribution in [3.63, 3.8) is 0 Å². The molecule has 0 aliphatic rings. The van der Waals surface area contributed by atoms with Crippen molar-refractivity contribution in [3.8, 4) is 0 Å². The SMILES string of the molecule is C=CNCCCCC(C)N(C=C)Cc1cc(NCCC)ccc1C. The highest BCUT2D eigenvalue weighted by Crippen LogP contribution is 2.20. The quantitative estimate of drug-likeness (QED) is 0.496. The zero-order valence-electron chi connectivity index (χ0n) is 15.8. The highest BCUT2D eigenvalue weighted by molar-refractivity contribution is 5.48. The van der Waals surface area contributed by atoms with Crippen molar-refractivity contribution in [3.05, 3.63) is 54.9 Å². The van der Waals surface area contributed by atoms with Crippen LogP contribution in [0.25, 0.3) is 0 Å². The molecule has 1 atom stereocenters. The highest BCUT2D eigenvalue weighted by atomic mass is 15.1. The van der Waals surface area contributed by atoms with Crippen molar-refractivity contribution in [2.24, 2.45) is 0 Å². The lowest BCUT2D eigenvalue weighted by Gasteiger charge is -2.28. The maximum absolute atomic E-state index is 4.02. The fourth-order valence-corrected chi connectivity index (χ4v) is 2.75. The molecular formula is C21H35N3. The standard InChI is InChI=1S/C21H35N3/c1-6-14-23-21-13-12-18(4)20(16-21)17-24(8-3)19(5)11-9-10-15-22-7-2/h7-8,12-13,16,19,22-23H,2-3,6,9-11,14-15,17H2,1,4-5H3. The number of aryl methyl sites for hydroxylation is 1. The maximum Gasteiger partial charge on any atom is 0.0430 e. The highest BCUT2D eigenvalue weighted by Gasteiger charge is 2.11. The maximum atomic E-state index is 4.02. The summed E-state index contributed by atoms with van der Waals surface area (Å²) in [4.78, 5) is 2.35. The molecule has 0 spiro atoms. The van der Waals surface area contributed by atoms with Gasteiger partial charge in [0.05, 0.1) is 0 Å². The molecule has 1 rings (SSSR count). The number of nitrogens with zero attached hydrogens (tertiary/aromatic N) is 1. The van der Waals surface area contributed by atoms with E-state index in [1.165, 1.54) is 36.1 Å². The van der Waals surface area contributed by atoms with E-state index >= 15 is 0 Å². The van der Waals surface area contributed by atoms with Gasteiger partial charge in [0, 0.05) is 31.4 Å². The molecule has 0 radical (unpaired) electrons. The summed E-state index contributed by atoms with van der Waals surface area (Å²) in [5.74, 6) is 0. The van der Waals surface area contributed by atoms with Gasteiger partial charge in [-0.3, -0.25) is 0 Å². The van der Waals surface area contributed by atoms with Gasteiger partial charge >= 0.3 is 0 Å². The van der Waals surface area contributed by atoms with Crippen molar-refractivity contribution in [2.45, 2.75) is 59.0 Å². The Morgan fingerprint density at radius 3 is 2.67 bits per heavy atom. The minimum Gasteiger partial charge on any atom is -0.391 e. The lowest BCUT2D eigenvalue weighted by molar-refractivity contribution is 0.267. The van der Waals surface area contributed by atoms with Crippen molar-refractivity contribution in [1.29, 1.82) is 0 Å². The molecule has 0 fully saturated rings. The van der Waals surface area contributed by atoms with E-state index in [0.717, 1.165) is 26.1 Å². The number of rotatable bonds is 13. The van der Waals surface area contributed by atoms with Crippen LogP contribution in [0.1, 0.15) is 50.7 Å². The molecule has 3 heteroatoms. The third kappa shape index (κ3) is 7.12. The van der Waals surface area contributed by atoms with Crippen molar-refractivity contribution in [2.75, 3.05) is 18.4 Å². The lowest BCUT2D eigenvalue weighted by Crippen LogP contribution is -2.28. The molecule has 0 aliphatic heterocycles. The van der Waals surface area contributed by atoms with Crippen molar-refractivity contribution in [1.82, 2.24) is 10.2 Å². The van der Waals surface area contributed by atoms with Crippen LogP contribution in [0.2, 0.25) is 0 Å². The van der Waals surface area contributed by atoms with Gasteiger partial charge in [-0.05, 0) is 75.2 Å². The second-order valence-electron chi connectivity index (χ2n) is 6.43. The number of hydrogen-bond acceptors (Lipinski definition) is 3. The van der Waals surface area contributed by atoms with E-state index in [-0.39, 0.29) is 0 Å². The van der Waals surface area contributed by atoms with Crippen LogP contribution in [-0.2, 0) is 6.54 Å². The lowest BCUT2D eigenvalue weighted by atomic mass is 10.0. The van der Waals surface area contributed by atoms with E-state index in [4.69, 9.17) is 0 Å². The number of anilines is 1. The summed E-state index contributed by atoms with van der Waals surface area (Å²) < 4.78 is 0. The monoisotopic (exact) mass is 329 g/mol. The topological polar surface area (TPSA) is 27.3 Å². The fourth-order valence-electron chi connectivity index (χ4n) is 2.75. The minimum absolute atomic E-state index is 0.498. The molecule has 1 aromatic carbocycles. The molecule has 0 saturated heterocycles. The molecule has 0 aromatic heterocycles. The van der Waals surface area contributed by atoms with Gasteiger partial charge in [-0.15, -0.1) is 0 Å². The normalized spacial score (nSPS) is 11.6. The first-order chi connectivity index (χ1) is 11.6. The van der Waals surface area contributed by atoms with Gasteiger partial charge < -0.3 is 15.5 Å². The molecule has 2 N–H and O–H groups in total. The zero-order valence-corrected chi connectivity index (χ0v) is 15.8. The summed E-state index contributed by atoms with van der Waals surface area (Å²) in [7, 11) is 0. The van der Waals surface area contributed by atoms with Crippen LogP contribution in [0.4, 0.5) is 5.69 Å². The zero-order chi connectivity index (χ0) is 17.8. The Morgan fingerprint density at radius 2 is 2.00 bits per heavy atom. The van der Waals surface area contributed by atoms with E-state index in [1.54, 1.807) is 6.20 Å². The number of hydrogen-bond donors (Lipinski definition) is 2. The second-order valence-corrected chi connectivity index (χ2v) is 6.43. The summed E-state index contributed by atoms with van der Waals surface area (Å²) in [5, 5.41) is 6.64. The number of nitrogens with one attached hydrogen (secondary N) is 2. The molecule has 0 heterocycles. The minimum atomic E-state index is 0.498. The Kier molecular flexibility index (Phi) is 9.74. The number of unbranched alkanes of at least 4 members (excludes halogenated alkanes) is 1. The molecule has 0 aliphatic carbocycles. The van der Waals surface area contributed by atoms with Gasteiger partial charge in [0.15, 0.2) is 0 Å². The van der Waals surface area contributed by atoms with Crippen LogP contribution < -0.4 is 10.6 Å². The van der Waals surface area contributed by atoms with Gasteiger partial charge in [0.25, 0.3) is 0 Å². The van der Waals surface area contributed by atoms with Crippen LogP contribution in [0, 0.1) is 6.92 Å². The molecule has 134 valence electrons. The molecule has 3 nitrogen and oxygen atoms in total. The predicted molar refractivity (Wildman–Crippen MR) is 107 cm³/mol. The molecule has 0 amide bonds. The Morgan fingerprint density at radius 1 is 1.21 bits per heavy atom. The first kappa shape index (κ1) is 20.1. The van der Waals surface area contributed by atoms with Crippen LogP contribution in [-0.4, -0.2) is 24.0 Å². The van der Waals surface area contributed by atoms with E-state index in [9.17, 15) is 0 Å². The Bertz CT molecular complexity index is 496. The Labute approximate surface area is 148 Å². The predicted octanol–water partition coefficient (Wildman–Crippen LogP) is 5.05. The van der Waals surface area contributed by atoms with E-state index < -0.39 is 0 Å². The Balaban J connectivity index is 2.59. The van der Waals surface area contributed by atoms with Crippen LogP contribution in [0.15, 0.2) is 43.8 Å². The van der Waals surface area contributed by atoms with Gasteiger partial charge in [0.2, 0.25) is 0 Å². The van der Waals surface area contributed by atoms with Gasteiger partial charge in [-0.1, -0.05) is 26.1 Å². The summed E-state index contributed by atoms with van der Waals surface area (Å²) in [5.41, 5.74) is 3.92. The second kappa shape index (κ2) is 11.6. The van der Waals surface area contributed by atoms with Gasteiger partial charge in [-0.25, -0.2) is 0 Å². The summed E-state index contributed by atoms with van der Waals surface area (Å²) in [6.45, 7) is 17.3. The average Bonchev–Trinajstić information content (AvgIpc) is 2.59. The summed E-state index contributed by atoms with van der Waals surface area (Å²) >= 11 is 0. The molecule has 0 saturated carbocycles. The van der Waals surface area contributed by atoms with E-state index in [1.807, 2.05) is 6.20 Å². The van der Waals surface area contributed by atoms with Crippen LogP contribution >= 0.6 is 0 Å². The van der Waals surface area contributed by atoms with E-state index in [0.29, 0.717) is 6.04 Å². The summed E-state index contributed by atoms with van der Waals surface area (Å²) in [6, 6.07) is 7.16. The smallest absolute Gasteiger partial charge is 0.0430 e. The van der Waals surface area contributed by atoms with Crippen LogP contribution in [0.3, 0.4) is 0 Å². The third-order valence-corrected chi connectivity index (χ3v) is 4.42. The molecule has 1 aromatic rings. The van der Waals surface area contributed by atoms with Crippen molar-refractivity contribution < 1.29 is 0 Å². The largest absolute Gasteiger partial charge is 0.391 e. The molecule has 24 heavy (non-hydrogen) atoms. The Hall–Kier alpha value is -1.90. The third-order valence-electron chi connectivity index (χ3n) is 4.42. The van der Waals surface area contributed by atoms with E-state index in [2.05, 4.69) is 67.7 Å². The van der Waals surface area contributed by atoms with Gasteiger partial charge in [0.1, 0.15) is 0 Å². The fraction of sp³-hybridized carbons (Fsp3) is 0.524. The summed E-state index contributed by atoms with van der Waals surface area (Å²) in [6.07, 6.45) is 8.46. The molecule has 1 unspecified atom stereocenters. The van der Waals surface area contributed by atoms with Crippen LogP contribution in [0.5, 0.6) is 0 Å². The number of benzene rings is 1. The molecule has 0 bridgehead atoms. The average molecular weight is 330 g/mol. The first-order valence-corrected chi connectivity index (χ1v) is 9.18. The van der Waals surface area contributed by atoms with Crippen molar-refractivity contribution >= 4 is 5.69 Å².